The predicted octanol–water partition coefficient (Wildman–Crippen LogP) is 1.12. The molecule has 0 unspecified atom stereocenters. The third kappa shape index (κ3) is 2.91. The molecule has 0 atom stereocenters. The highest BCUT2D eigenvalue weighted by molar-refractivity contribution is 14.1. The van der Waals surface area contributed by atoms with Crippen LogP contribution in [0.15, 0.2) is 18.2 Å². The maximum Gasteiger partial charge on any atom is 0.252 e. The average molecular weight is 308 g/mol. The molecule has 0 aliphatic carbocycles. The van der Waals surface area contributed by atoms with Crippen molar-refractivity contribution in [2.45, 2.75) is 0 Å². The van der Waals surface area contributed by atoms with Crippen molar-refractivity contribution in [3.05, 3.63) is 33.1 Å². The monoisotopic (exact) mass is 308 g/mol. The molecule has 0 radical (unpaired) electrons. The van der Waals surface area contributed by atoms with E-state index in [0.29, 0.717) is 18.7 Å². The van der Waals surface area contributed by atoms with Crippen LogP contribution in [0.25, 0.3) is 0 Å². The van der Waals surface area contributed by atoms with Crippen molar-refractivity contribution in [2.24, 2.45) is 5.73 Å². The first kappa shape index (κ1) is 11.4. The molecule has 1 aromatic carbocycles. The quantitative estimate of drug-likeness (QED) is 0.822. The minimum Gasteiger partial charge on any atom is -0.351 e. The highest BCUT2D eigenvalue weighted by Gasteiger charge is 2.09. The number of carbonyl (C=O) groups is 1. The van der Waals surface area contributed by atoms with Gasteiger partial charge in [-0.1, -0.05) is 0 Å². The van der Waals surface area contributed by atoms with Crippen molar-refractivity contribution in [3.63, 3.8) is 0 Å². The van der Waals surface area contributed by atoms with Crippen LogP contribution in [0, 0.1) is 9.39 Å². The average Bonchev–Trinajstić information content (AvgIpc) is 2.18. The predicted molar refractivity (Wildman–Crippen MR) is 60.5 cm³/mol. The smallest absolute Gasteiger partial charge is 0.252 e. The van der Waals surface area contributed by atoms with Crippen LogP contribution in [0.2, 0.25) is 0 Å². The van der Waals surface area contributed by atoms with Gasteiger partial charge in [-0.15, -0.1) is 0 Å². The summed E-state index contributed by atoms with van der Waals surface area (Å²) >= 11 is 1.99. The summed E-state index contributed by atoms with van der Waals surface area (Å²) in [6, 6.07) is 4.10. The summed E-state index contributed by atoms with van der Waals surface area (Å²) in [5.74, 6) is -0.706. The van der Waals surface area contributed by atoms with Gasteiger partial charge in [0.2, 0.25) is 0 Å². The molecule has 0 heterocycles. The van der Waals surface area contributed by atoms with E-state index in [1.807, 2.05) is 22.6 Å². The lowest BCUT2D eigenvalue weighted by Gasteiger charge is -2.05. The summed E-state index contributed by atoms with van der Waals surface area (Å²) in [4.78, 5) is 11.4. The summed E-state index contributed by atoms with van der Waals surface area (Å²) in [6.45, 7) is 0.767. The maximum absolute atomic E-state index is 12.8. The topological polar surface area (TPSA) is 55.1 Å². The van der Waals surface area contributed by atoms with Gasteiger partial charge in [0.1, 0.15) is 5.82 Å². The Morgan fingerprint density at radius 3 is 2.93 bits per heavy atom. The van der Waals surface area contributed by atoms with Crippen LogP contribution in [-0.2, 0) is 0 Å². The van der Waals surface area contributed by atoms with E-state index in [-0.39, 0.29) is 5.91 Å². The summed E-state index contributed by atoms with van der Waals surface area (Å²) in [6.07, 6.45) is 0. The number of carbonyl (C=O) groups excluding carboxylic acids is 1. The molecule has 0 spiro atoms. The molecule has 5 heteroatoms. The van der Waals surface area contributed by atoms with Crippen molar-refractivity contribution < 1.29 is 9.18 Å². The second kappa shape index (κ2) is 5.26. The third-order valence-corrected chi connectivity index (χ3v) is 2.54. The van der Waals surface area contributed by atoms with Crippen molar-refractivity contribution >= 4 is 28.5 Å². The molecule has 0 saturated carbocycles. The highest BCUT2D eigenvalue weighted by Crippen LogP contribution is 2.13. The van der Waals surface area contributed by atoms with Gasteiger partial charge in [-0.2, -0.15) is 0 Å². The maximum atomic E-state index is 12.8. The van der Waals surface area contributed by atoms with Crippen LogP contribution >= 0.6 is 22.6 Å². The molecular formula is C9H10FIN2O. The van der Waals surface area contributed by atoms with Crippen LogP contribution < -0.4 is 11.1 Å². The van der Waals surface area contributed by atoms with Gasteiger partial charge in [0, 0.05) is 16.7 Å². The number of nitrogens with one attached hydrogen (secondary N) is 1. The Morgan fingerprint density at radius 2 is 2.29 bits per heavy atom. The van der Waals surface area contributed by atoms with E-state index in [1.54, 1.807) is 6.07 Å². The SMILES string of the molecule is NCCNC(=O)c1cc(F)ccc1I. The summed E-state index contributed by atoms with van der Waals surface area (Å²) in [5.41, 5.74) is 5.58. The largest absolute Gasteiger partial charge is 0.351 e. The summed E-state index contributed by atoms with van der Waals surface area (Å²) in [5, 5.41) is 2.58. The first-order valence-electron chi connectivity index (χ1n) is 4.08. The zero-order valence-electron chi connectivity index (χ0n) is 7.39. The van der Waals surface area contributed by atoms with Gasteiger partial charge in [0.05, 0.1) is 5.56 Å². The molecule has 0 fully saturated rings. The molecule has 3 N–H and O–H groups in total. The lowest BCUT2D eigenvalue weighted by atomic mass is 10.2. The Hall–Kier alpha value is -0.690. The van der Waals surface area contributed by atoms with E-state index < -0.39 is 5.82 Å². The molecule has 0 aliphatic heterocycles. The fourth-order valence-electron chi connectivity index (χ4n) is 0.952. The number of hydrogen-bond donors (Lipinski definition) is 2. The van der Waals surface area contributed by atoms with Crippen LogP contribution in [-0.4, -0.2) is 19.0 Å². The lowest BCUT2D eigenvalue weighted by molar-refractivity contribution is 0.0953. The van der Waals surface area contributed by atoms with E-state index >= 15 is 0 Å². The van der Waals surface area contributed by atoms with Crippen molar-refractivity contribution in [1.82, 2.24) is 5.32 Å². The van der Waals surface area contributed by atoms with E-state index in [0.717, 1.165) is 3.57 Å². The van der Waals surface area contributed by atoms with Crippen LogP contribution in [0.4, 0.5) is 4.39 Å². The van der Waals surface area contributed by atoms with Gasteiger partial charge in [-0.25, -0.2) is 4.39 Å². The van der Waals surface area contributed by atoms with Crippen molar-refractivity contribution in [2.75, 3.05) is 13.1 Å². The minimum atomic E-state index is -0.414. The van der Waals surface area contributed by atoms with Gasteiger partial charge in [-0.05, 0) is 40.8 Å². The highest BCUT2D eigenvalue weighted by atomic mass is 127. The van der Waals surface area contributed by atoms with Crippen LogP contribution in [0.5, 0.6) is 0 Å². The zero-order valence-corrected chi connectivity index (χ0v) is 9.55. The molecule has 3 nitrogen and oxygen atoms in total. The van der Waals surface area contributed by atoms with Crippen LogP contribution in [0.1, 0.15) is 10.4 Å². The van der Waals surface area contributed by atoms with Crippen molar-refractivity contribution in [3.8, 4) is 0 Å². The number of halogens is 2. The number of amides is 1. The Kier molecular flexibility index (Phi) is 4.27. The molecule has 1 amide bonds. The molecular weight excluding hydrogens is 298 g/mol. The first-order valence-corrected chi connectivity index (χ1v) is 5.16. The normalized spacial score (nSPS) is 9.93. The molecule has 0 aromatic heterocycles. The second-order valence-corrected chi connectivity index (χ2v) is 3.83. The van der Waals surface area contributed by atoms with Gasteiger partial charge in [0.25, 0.3) is 5.91 Å². The van der Waals surface area contributed by atoms with Crippen LogP contribution in [0.3, 0.4) is 0 Å². The number of hydrogen-bond acceptors (Lipinski definition) is 2. The number of rotatable bonds is 3. The van der Waals surface area contributed by atoms with Crippen molar-refractivity contribution in [1.29, 1.82) is 0 Å². The molecule has 1 rings (SSSR count). The minimum absolute atomic E-state index is 0.292. The summed E-state index contributed by atoms with van der Waals surface area (Å²) < 4.78 is 13.5. The van der Waals surface area contributed by atoms with E-state index in [9.17, 15) is 9.18 Å². The fraction of sp³-hybridized carbons (Fsp3) is 0.222. The van der Waals surface area contributed by atoms with E-state index in [1.165, 1.54) is 12.1 Å². The Bertz CT molecular complexity index is 344. The third-order valence-electron chi connectivity index (χ3n) is 1.60. The Morgan fingerprint density at radius 1 is 1.57 bits per heavy atom. The van der Waals surface area contributed by atoms with E-state index in [2.05, 4.69) is 5.32 Å². The summed E-state index contributed by atoms with van der Waals surface area (Å²) in [7, 11) is 0. The molecule has 1 aromatic rings. The molecule has 14 heavy (non-hydrogen) atoms. The first-order chi connectivity index (χ1) is 6.65. The zero-order chi connectivity index (χ0) is 10.6. The van der Waals surface area contributed by atoms with E-state index in [4.69, 9.17) is 5.73 Å². The number of nitrogens with two attached hydrogens (primary N) is 1. The van der Waals surface area contributed by atoms with Gasteiger partial charge < -0.3 is 11.1 Å². The van der Waals surface area contributed by atoms with Gasteiger partial charge >= 0.3 is 0 Å². The fourth-order valence-corrected chi connectivity index (χ4v) is 1.53. The molecule has 0 bridgehead atoms. The Balaban J connectivity index is 2.83. The second-order valence-electron chi connectivity index (χ2n) is 2.67. The van der Waals surface area contributed by atoms with Gasteiger partial charge in [-0.3, -0.25) is 4.79 Å². The van der Waals surface area contributed by atoms with Gasteiger partial charge in [0.15, 0.2) is 0 Å². The lowest BCUT2D eigenvalue weighted by Crippen LogP contribution is -2.29. The Labute approximate surface area is 95.0 Å². The molecule has 0 aliphatic rings. The molecule has 0 saturated heterocycles. The number of benzene rings is 1. The molecule has 76 valence electrons. The standard InChI is InChI=1S/C9H10FIN2O/c10-6-1-2-8(11)7(5-6)9(14)13-4-3-12/h1-2,5H,3-4,12H2,(H,13,14).